The van der Waals surface area contributed by atoms with E-state index in [4.69, 9.17) is 9.47 Å². The Morgan fingerprint density at radius 3 is 3.00 bits per heavy atom. The van der Waals surface area contributed by atoms with Gasteiger partial charge in [0.2, 0.25) is 0 Å². The fourth-order valence-corrected chi connectivity index (χ4v) is 3.13. The summed E-state index contributed by atoms with van der Waals surface area (Å²) < 4.78 is 24.9. The highest BCUT2D eigenvalue weighted by atomic mass is 19.1. The number of hydrogen-bond acceptors (Lipinski definition) is 3. The smallest absolute Gasteiger partial charge is 0.270 e. The maximum absolute atomic E-state index is 13.8. The van der Waals surface area contributed by atoms with Crippen LogP contribution in [0.15, 0.2) is 24.3 Å². The van der Waals surface area contributed by atoms with Gasteiger partial charge in [0.1, 0.15) is 11.5 Å². The van der Waals surface area contributed by atoms with Crippen LogP contribution in [-0.4, -0.2) is 54.3 Å². The number of hydrogen-bond donors (Lipinski definition) is 1. The predicted molar refractivity (Wildman–Crippen MR) is 85.0 cm³/mol. The van der Waals surface area contributed by atoms with Crippen molar-refractivity contribution < 1.29 is 18.7 Å². The van der Waals surface area contributed by atoms with E-state index in [0.29, 0.717) is 36.3 Å². The average molecular weight is 320 g/mol. The maximum Gasteiger partial charge on any atom is 0.270 e. The average Bonchev–Trinajstić information content (AvgIpc) is 2.90. The van der Waals surface area contributed by atoms with Crippen molar-refractivity contribution in [1.29, 1.82) is 0 Å². The zero-order valence-electron chi connectivity index (χ0n) is 13.6. The highest BCUT2D eigenvalue weighted by Crippen LogP contribution is 2.24. The fraction of sp³-hybridized carbons (Fsp3) is 0.471. The molecule has 1 aliphatic rings. The Morgan fingerprint density at radius 1 is 1.52 bits per heavy atom. The first-order valence-corrected chi connectivity index (χ1v) is 7.63. The van der Waals surface area contributed by atoms with E-state index in [2.05, 4.69) is 4.98 Å². The third-order valence-electron chi connectivity index (χ3n) is 3.96. The second kappa shape index (κ2) is 5.94. The van der Waals surface area contributed by atoms with Gasteiger partial charge in [0.15, 0.2) is 0 Å². The zero-order chi connectivity index (χ0) is 16.6. The molecule has 1 fully saturated rings. The number of H-pyrrole nitrogens is 1. The number of benzene rings is 1. The molecular formula is C17H21FN2O3. The van der Waals surface area contributed by atoms with E-state index >= 15 is 0 Å². The van der Waals surface area contributed by atoms with Crippen molar-refractivity contribution >= 4 is 16.8 Å². The molecule has 1 aliphatic heterocycles. The molecule has 1 saturated heterocycles. The molecule has 0 spiro atoms. The molecule has 0 bridgehead atoms. The van der Waals surface area contributed by atoms with Gasteiger partial charge in [-0.1, -0.05) is 6.07 Å². The molecule has 6 heteroatoms. The van der Waals surface area contributed by atoms with Gasteiger partial charge in [0, 0.05) is 31.1 Å². The molecule has 3 rings (SSSR count). The molecule has 2 aromatic rings. The zero-order valence-corrected chi connectivity index (χ0v) is 13.6. The van der Waals surface area contributed by atoms with Gasteiger partial charge >= 0.3 is 0 Å². The van der Waals surface area contributed by atoms with Gasteiger partial charge in [0.25, 0.3) is 5.91 Å². The molecule has 0 aliphatic carbocycles. The Morgan fingerprint density at radius 2 is 2.30 bits per heavy atom. The number of methoxy groups -OCH3 is 1. The molecule has 1 aromatic carbocycles. The monoisotopic (exact) mass is 320 g/mol. The van der Waals surface area contributed by atoms with Crippen LogP contribution in [0.2, 0.25) is 0 Å². The minimum absolute atomic E-state index is 0.155. The number of aromatic amines is 1. The lowest BCUT2D eigenvalue weighted by molar-refractivity contribution is -0.143. The number of carbonyl (C=O) groups excluding carboxylic acids is 1. The van der Waals surface area contributed by atoms with Crippen LogP contribution < -0.4 is 0 Å². The van der Waals surface area contributed by atoms with Crippen molar-refractivity contribution in [3.63, 3.8) is 0 Å². The molecule has 1 aromatic heterocycles. The number of nitrogens with one attached hydrogen (secondary N) is 1. The van der Waals surface area contributed by atoms with E-state index in [1.165, 1.54) is 6.07 Å². The van der Waals surface area contributed by atoms with Crippen molar-refractivity contribution in [2.24, 2.45) is 0 Å². The van der Waals surface area contributed by atoms with Crippen molar-refractivity contribution in [3.05, 3.63) is 35.8 Å². The number of morpholine rings is 1. The van der Waals surface area contributed by atoms with Crippen LogP contribution >= 0.6 is 0 Å². The normalized spacial score (nSPS) is 20.9. The van der Waals surface area contributed by atoms with E-state index in [0.717, 1.165) is 0 Å². The minimum Gasteiger partial charge on any atom is -0.382 e. The quantitative estimate of drug-likeness (QED) is 0.946. The molecular weight excluding hydrogens is 299 g/mol. The Bertz CT molecular complexity index is 726. The summed E-state index contributed by atoms with van der Waals surface area (Å²) in [4.78, 5) is 17.5. The van der Waals surface area contributed by atoms with Crippen LogP contribution in [0.1, 0.15) is 24.3 Å². The van der Waals surface area contributed by atoms with E-state index in [1.807, 2.05) is 13.8 Å². The third-order valence-corrected chi connectivity index (χ3v) is 3.96. The van der Waals surface area contributed by atoms with Gasteiger partial charge in [-0.2, -0.15) is 0 Å². The van der Waals surface area contributed by atoms with Gasteiger partial charge in [-0.05, 0) is 32.0 Å². The van der Waals surface area contributed by atoms with E-state index in [1.54, 1.807) is 30.2 Å². The predicted octanol–water partition coefficient (Wildman–Crippen LogP) is 2.57. The van der Waals surface area contributed by atoms with E-state index in [9.17, 15) is 9.18 Å². The van der Waals surface area contributed by atoms with Crippen molar-refractivity contribution in [2.75, 3.05) is 26.8 Å². The van der Waals surface area contributed by atoms with Crippen molar-refractivity contribution in [3.8, 4) is 0 Å². The lowest BCUT2D eigenvalue weighted by Crippen LogP contribution is -2.55. The number of nitrogens with zero attached hydrogens (tertiary/aromatic N) is 1. The van der Waals surface area contributed by atoms with Gasteiger partial charge in [-0.25, -0.2) is 4.39 Å². The summed E-state index contributed by atoms with van der Waals surface area (Å²) in [6.07, 6.45) is -0.172. The number of ether oxygens (including phenoxy) is 2. The van der Waals surface area contributed by atoms with Crippen LogP contribution in [0.3, 0.4) is 0 Å². The highest BCUT2D eigenvalue weighted by molar-refractivity contribution is 5.98. The lowest BCUT2D eigenvalue weighted by Gasteiger charge is -2.42. The molecule has 2 heterocycles. The number of aromatic nitrogens is 1. The minimum atomic E-state index is -0.450. The molecule has 0 saturated carbocycles. The summed E-state index contributed by atoms with van der Waals surface area (Å²) in [7, 11) is 1.61. The Balaban J connectivity index is 1.86. The summed E-state index contributed by atoms with van der Waals surface area (Å²) >= 11 is 0. The molecule has 5 nitrogen and oxygen atoms in total. The van der Waals surface area contributed by atoms with Crippen LogP contribution in [0.4, 0.5) is 4.39 Å². The van der Waals surface area contributed by atoms with Crippen LogP contribution in [0.5, 0.6) is 0 Å². The van der Waals surface area contributed by atoms with Gasteiger partial charge < -0.3 is 19.4 Å². The Labute approximate surface area is 134 Å². The fourth-order valence-electron chi connectivity index (χ4n) is 3.13. The summed E-state index contributed by atoms with van der Waals surface area (Å²) in [5.41, 5.74) is 0.558. The lowest BCUT2D eigenvalue weighted by atomic mass is 10.0. The van der Waals surface area contributed by atoms with Gasteiger partial charge in [-0.15, -0.1) is 0 Å². The highest BCUT2D eigenvalue weighted by Gasteiger charge is 2.36. The molecule has 1 N–H and O–H groups in total. The summed E-state index contributed by atoms with van der Waals surface area (Å²) in [6.45, 7) is 5.24. The number of carbonyl (C=O) groups is 1. The second-order valence-corrected chi connectivity index (χ2v) is 6.52. The molecule has 1 atom stereocenters. The van der Waals surface area contributed by atoms with Gasteiger partial charge in [-0.3, -0.25) is 4.79 Å². The summed E-state index contributed by atoms with van der Waals surface area (Å²) in [5.74, 6) is -0.490. The Hall–Kier alpha value is -1.92. The van der Waals surface area contributed by atoms with Crippen molar-refractivity contribution in [1.82, 2.24) is 9.88 Å². The van der Waals surface area contributed by atoms with E-state index in [-0.39, 0.29) is 17.8 Å². The number of amides is 1. The molecule has 124 valence electrons. The van der Waals surface area contributed by atoms with Crippen molar-refractivity contribution in [2.45, 2.75) is 25.6 Å². The van der Waals surface area contributed by atoms with E-state index < -0.39 is 5.60 Å². The number of rotatable bonds is 3. The Kier molecular flexibility index (Phi) is 4.12. The standard InChI is InChI=1S/C17H21FN2O3/c1-17(2)10-20(8-11(23-17)9-22-3)16(21)15-7-12-13(18)5-4-6-14(12)19-15/h4-7,11,19H,8-10H2,1-3H3/t11-/m1/s1. The van der Waals surface area contributed by atoms with Crippen LogP contribution in [0.25, 0.3) is 10.9 Å². The topological polar surface area (TPSA) is 54.6 Å². The molecule has 23 heavy (non-hydrogen) atoms. The number of halogens is 1. The second-order valence-electron chi connectivity index (χ2n) is 6.52. The third kappa shape index (κ3) is 3.23. The summed E-state index contributed by atoms with van der Waals surface area (Å²) in [6, 6.07) is 6.33. The first-order chi connectivity index (χ1) is 10.9. The van der Waals surface area contributed by atoms with Crippen LogP contribution in [-0.2, 0) is 9.47 Å². The number of fused-ring (bicyclic) bond motifs is 1. The summed E-state index contributed by atoms with van der Waals surface area (Å²) in [5, 5.41) is 0.428. The first kappa shape index (κ1) is 16.0. The SMILES string of the molecule is COC[C@H]1CN(C(=O)c2cc3c(F)cccc3[nH]2)CC(C)(C)O1. The molecule has 0 unspecified atom stereocenters. The van der Waals surface area contributed by atoms with Gasteiger partial charge in [0.05, 0.1) is 18.3 Å². The largest absolute Gasteiger partial charge is 0.382 e. The molecule has 0 radical (unpaired) electrons. The maximum atomic E-state index is 13.8. The molecule has 1 amide bonds. The first-order valence-electron chi connectivity index (χ1n) is 7.63. The van der Waals surface area contributed by atoms with Crippen LogP contribution in [0, 0.1) is 5.82 Å².